The van der Waals surface area contributed by atoms with Gasteiger partial charge in [-0.25, -0.2) is 0 Å². The molecule has 0 aromatic heterocycles. The van der Waals surface area contributed by atoms with Gasteiger partial charge in [-0.3, -0.25) is 24.2 Å². The molecule has 2 unspecified atom stereocenters. The van der Waals surface area contributed by atoms with E-state index in [2.05, 4.69) is 36.2 Å². The fourth-order valence-corrected chi connectivity index (χ4v) is 4.22. The zero-order valence-electron chi connectivity index (χ0n) is 18.1. The number of fused-ring (bicyclic) bond motifs is 1. The van der Waals surface area contributed by atoms with E-state index in [1.165, 1.54) is 24.7 Å². The predicted octanol–water partition coefficient (Wildman–Crippen LogP) is 2.45. The number of nitrogens with one attached hydrogen (secondary N) is 1. The molecule has 2 aromatic carbocycles. The van der Waals surface area contributed by atoms with Gasteiger partial charge in [-0.1, -0.05) is 24.3 Å². The van der Waals surface area contributed by atoms with Crippen LogP contribution in [0.5, 0.6) is 0 Å². The van der Waals surface area contributed by atoms with Crippen molar-refractivity contribution in [2.45, 2.75) is 39.1 Å². The van der Waals surface area contributed by atoms with Gasteiger partial charge in [-0.2, -0.15) is 0 Å². The van der Waals surface area contributed by atoms with Gasteiger partial charge < -0.3 is 10.1 Å². The Labute approximate surface area is 182 Å². The summed E-state index contributed by atoms with van der Waals surface area (Å²) in [4.78, 5) is 40.1. The highest BCUT2D eigenvalue weighted by molar-refractivity contribution is 6.21. The van der Waals surface area contributed by atoms with Crippen molar-refractivity contribution in [1.29, 1.82) is 0 Å². The number of benzene rings is 2. The SMILES string of the molecule is CC1CN(Cc2ccc(CNC(=O)c3ccc4c(c3)C(=O)N(C)C4=O)cc2)CC(C)O1. The molecule has 0 bridgehead atoms. The van der Waals surface area contributed by atoms with E-state index in [0.29, 0.717) is 17.7 Å². The zero-order chi connectivity index (χ0) is 22.1. The molecule has 1 fully saturated rings. The highest BCUT2D eigenvalue weighted by Crippen LogP contribution is 2.22. The van der Waals surface area contributed by atoms with Crippen LogP contribution in [0.3, 0.4) is 0 Å². The van der Waals surface area contributed by atoms with Crippen LogP contribution in [0.25, 0.3) is 0 Å². The Hall–Kier alpha value is -3.03. The summed E-state index contributed by atoms with van der Waals surface area (Å²) in [5.74, 6) is -1.000. The van der Waals surface area contributed by atoms with Gasteiger partial charge in [0.25, 0.3) is 17.7 Å². The van der Waals surface area contributed by atoms with E-state index in [4.69, 9.17) is 4.74 Å². The van der Waals surface area contributed by atoms with Crippen molar-refractivity contribution in [1.82, 2.24) is 15.1 Å². The smallest absolute Gasteiger partial charge is 0.261 e. The average molecular weight is 421 g/mol. The topological polar surface area (TPSA) is 79.0 Å². The van der Waals surface area contributed by atoms with Crippen molar-refractivity contribution in [3.05, 3.63) is 70.3 Å². The van der Waals surface area contributed by atoms with Crippen molar-refractivity contribution in [2.75, 3.05) is 20.1 Å². The molecule has 2 aromatic rings. The fourth-order valence-electron chi connectivity index (χ4n) is 4.22. The molecule has 0 spiro atoms. The number of imide groups is 1. The standard InChI is InChI=1S/C24H27N3O4/c1-15-12-27(13-16(2)31-15)14-18-6-4-17(5-7-18)11-25-22(28)19-8-9-20-21(10-19)24(30)26(3)23(20)29/h4-10,15-16H,11-14H2,1-3H3,(H,25,28). The van der Waals surface area contributed by atoms with Crippen LogP contribution in [0, 0.1) is 0 Å². The van der Waals surface area contributed by atoms with Gasteiger partial charge in [0.1, 0.15) is 0 Å². The van der Waals surface area contributed by atoms with Gasteiger partial charge >= 0.3 is 0 Å². The summed E-state index contributed by atoms with van der Waals surface area (Å²) in [5.41, 5.74) is 3.19. The van der Waals surface area contributed by atoms with Crippen LogP contribution in [0.2, 0.25) is 0 Å². The largest absolute Gasteiger partial charge is 0.373 e. The fraction of sp³-hybridized carbons (Fsp3) is 0.375. The molecular formula is C24H27N3O4. The normalized spacial score (nSPS) is 21.3. The molecule has 0 aliphatic carbocycles. The van der Waals surface area contributed by atoms with Gasteiger partial charge in [0, 0.05) is 38.8 Å². The van der Waals surface area contributed by atoms with Crippen molar-refractivity contribution >= 4 is 17.7 Å². The minimum atomic E-state index is -0.380. The first-order valence-electron chi connectivity index (χ1n) is 10.5. The Kier molecular flexibility index (Phi) is 5.89. The summed E-state index contributed by atoms with van der Waals surface area (Å²) in [7, 11) is 1.44. The highest BCUT2D eigenvalue weighted by Gasteiger charge is 2.33. The second-order valence-corrected chi connectivity index (χ2v) is 8.38. The van der Waals surface area contributed by atoms with Crippen molar-refractivity contribution in [3.8, 4) is 0 Å². The second-order valence-electron chi connectivity index (χ2n) is 8.38. The number of carbonyl (C=O) groups is 3. The predicted molar refractivity (Wildman–Crippen MR) is 116 cm³/mol. The van der Waals surface area contributed by atoms with Gasteiger partial charge in [-0.15, -0.1) is 0 Å². The number of carbonyl (C=O) groups excluding carboxylic acids is 3. The number of rotatable bonds is 5. The molecule has 2 heterocycles. The van der Waals surface area contributed by atoms with Crippen LogP contribution in [0.1, 0.15) is 56.0 Å². The molecular weight excluding hydrogens is 394 g/mol. The maximum absolute atomic E-state index is 12.5. The minimum absolute atomic E-state index is 0.242. The van der Waals surface area contributed by atoms with Crippen LogP contribution < -0.4 is 5.32 Å². The third-order valence-electron chi connectivity index (χ3n) is 5.73. The maximum Gasteiger partial charge on any atom is 0.261 e. The Morgan fingerprint density at radius 1 is 0.968 bits per heavy atom. The summed E-state index contributed by atoms with van der Waals surface area (Å²) in [6, 6.07) is 12.8. The second kappa shape index (κ2) is 8.61. The van der Waals surface area contributed by atoms with Gasteiger partial charge in [0.2, 0.25) is 0 Å². The molecule has 2 atom stereocenters. The lowest BCUT2D eigenvalue weighted by atomic mass is 10.1. The number of hydrogen-bond donors (Lipinski definition) is 1. The quantitative estimate of drug-likeness (QED) is 0.751. The van der Waals surface area contributed by atoms with Crippen LogP contribution in [0.4, 0.5) is 0 Å². The van der Waals surface area contributed by atoms with Gasteiger partial charge in [0.15, 0.2) is 0 Å². The van der Waals surface area contributed by atoms with Gasteiger partial charge in [-0.05, 0) is 43.2 Å². The molecule has 0 saturated carbocycles. The lowest BCUT2D eigenvalue weighted by molar-refractivity contribution is -0.0704. The number of ether oxygens (including phenoxy) is 1. The Morgan fingerprint density at radius 2 is 1.58 bits per heavy atom. The molecule has 3 amide bonds. The first kappa shape index (κ1) is 21.2. The molecule has 1 saturated heterocycles. The van der Waals surface area contributed by atoms with E-state index in [-0.39, 0.29) is 35.5 Å². The van der Waals surface area contributed by atoms with Crippen LogP contribution in [0.15, 0.2) is 42.5 Å². The number of morpholine rings is 1. The Morgan fingerprint density at radius 3 is 2.26 bits per heavy atom. The van der Waals surface area contributed by atoms with Crippen molar-refractivity contribution < 1.29 is 19.1 Å². The van der Waals surface area contributed by atoms with Crippen LogP contribution in [-0.2, 0) is 17.8 Å². The molecule has 7 nitrogen and oxygen atoms in total. The molecule has 2 aliphatic rings. The summed E-state index contributed by atoms with van der Waals surface area (Å²) in [6.07, 6.45) is 0.484. The number of amides is 3. The third kappa shape index (κ3) is 4.52. The molecule has 2 aliphatic heterocycles. The Balaban J connectivity index is 1.34. The summed E-state index contributed by atoms with van der Waals surface area (Å²) >= 11 is 0. The maximum atomic E-state index is 12.5. The van der Waals surface area contributed by atoms with E-state index in [1.54, 1.807) is 6.07 Å². The van der Waals surface area contributed by atoms with Crippen LogP contribution in [-0.4, -0.2) is 59.9 Å². The van der Waals surface area contributed by atoms with Crippen molar-refractivity contribution in [3.63, 3.8) is 0 Å². The highest BCUT2D eigenvalue weighted by atomic mass is 16.5. The van der Waals surface area contributed by atoms with E-state index >= 15 is 0 Å². The molecule has 31 heavy (non-hydrogen) atoms. The molecule has 162 valence electrons. The zero-order valence-corrected chi connectivity index (χ0v) is 18.1. The molecule has 0 radical (unpaired) electrons. The summed E-state index contributed by atoms with van der Waals surface area (Å²) in [5, 5.41) is 2.88. The van der Waals surface area contributed by atoms with Gasteiger partial charge in [0.05, 0.1) is 23.3 Å². The van der Waals surface area contributed by atoms with E-state index in [0.717, 1.165) is 30.1 Å². The lowest BCUT2D eigenvalue weighted by Gasteiger charge is -2.35. The third-order valence-corrected chi connectivity index (χ3v) is 5.73. The molecule has 1 N–H and O–H groups in total. The number of hydrogen-bond acceptors (Lipinski definition) is 5. The minimum Gasteiger partial charge on any atom is -0.373 e. The monoisotopic (exact) mass is 421 g/mol. The van der Waals surface area contributed by atoms with E-state index in [1.807, 2.05) is 12.1 Å². The number of nitrogens with zero attached hydrogens (tertiary/aromatic N) is 2. The average Bonchev–Trinajstić information content (AvgIpc) is 2.96. The Bertz CT molecular complexity index is 1010. The molecule has 7 heteroatoms. The van der Waals surface area contributed by atoms with E-state index in [9.17, 15) is 14.4 Å². The lowest BCUT2D eigenvalue weighted by Crippen LogP contribution is -2.44. The molecule has 4 rings (SSSR count). The first-order valence-corrected chi connectivity index (χ1v) is 10.5. The first-order chi connectivity index (χ1) is 14.8. The summed E-state index contributed by atoms with van der Waals surface area (Å²) < 4.78 is 5.79. The summed E-state index contributed by atoms with van der Waals surface area (Å²) in [6.45, 7) is 7.30. The van der Waals surface area contributed by atoms with Crippen molar-refractivity contribution in [2.24, 2.45) is 0 Å². The van der Waals surface area contributed by atoms with Crippen LogP contribution >= 0.6 is 0 Å². The van der Waals surface area contributed by atoms with E-state index < -0.39 is 0 Å².